The summed E-state index contributed by atoms with van der Waals surface area (Å²) >= 11 is 2.62. The van der Waals surface area contributed by atoms with Gasteiger partial charge in [0.05, 0.1) is 0 Å². The molecule has 1 aromatic heterocycles. The number of nitrogens with zero attached hydrogens (tertiary/aromatic N) is 2. The van der Waals surface area contributed by atoms with Gasteiger partial charge in [0.2, 0.25) is 0 Å². The molecule has 0 saturated carbocycles. The number of hydrogen-bond acceptors (Lipinski definition) is 7. The van der Waals surface area contributed by atoms with Gasteiger partial charge in [-0.25, -0.2) is 0 Å². The Balaban J connectivity index is 2.37. The van der Waals surface area contributed by atoms with Gasteiger partial charge in [0.1, 0.15) is 0 Å². The Kier molecular flexibility index (Phi) is 4.92. The summed E-state index contributed by atoms with van der Waals surface area (Å²) in [6, 6.07) is 0. The van der Waals surface area contributed by atoms with E-state index in [1.165, 1.54) is 10.8 Å². The normalized spacial score (nSPS) is 29.8. The average Bonchev–Trinajstić information content (AvgIpc) is 2.70. The summed E-state index contributed by atoms with van der Waals surface area (Å²) in [7, 11) is 1.70. The molecule has 1 aliphatic rings. The molecule has 4 N–H and O–H groups in total. The molecule has 1 fully saturated rings. The van der Waals surface area contributed by atoms with Crippen LogP contribution >= 0.6 is 0 Å². The Morgan fingerprint density at radius 2 is 2.20 bits per heavy atom. The van der Waals surface area contributed by atoms with Crippen LogP contribution in [0.5, 0.6) is 0 Å². The second-order valence-corrected chi connectivity index (χ2v) is 5.29. The van der Waals surface area contributed by atoms with E-state index < -0.39 is 31.1 Å². The first kappa shape index (κ1) is 15.6. The monoisotopic (exact) mass is 350 g/mol. The van der Waals surface area contributed by atoms with E-state index in [2.05, 4.69) is 26.3 Å². The van der Waals surface area contributed by atoms with Crippen molar-refractivity contribution in [3.63, 3.8) is 0 Å². The summed E-state index contributed by atoms with van der Waals surface area (Å²) in [4.78, 5) is 15.5. The third-order valence-electron chi connectivity index (χ3n) is 3.15. The standard InChI is InChI=1S/C11H16N3O5Se/c1-12-2-5-3-14(11(20)13-9(5)18)10-8(17)7(16)6(4-15)19-10/h3,6-8,10,12,15-17H,2,4H2,1H3/t6-,7?,8?,10-/m0/s1. The number of hydrogen-bond donors (Lipinski definition) is 4. The number of nitrogens with one attached hydrogen (secondary N) is 1. The Labute approximate surface area is 123 Å². The van der Waals surface area contributed by atoms with Gasteiger partial charge >= 0.3 is 123 Å². The van der Waals surface area contributed by atoms with Gasteiger partial charge < -0.3 is 0 Å². The molecular formula is C11H16N3O5Se. The third-order valence-corrected chi connectivity index (χ3v) is 3.78. The molecule has 1 aromatic rings. The van der Waals surface area contributed by atoms with Crippen LogP contribution in [0.4, 0.5) is 0 Å². The fraction of sp³-hybridized carbons (Fsp3) is 0.636. The molecule has 2 rings (SSSR count). The van der Waals surface area contributed by atoms with Gasteiger partial charge in [-0.15, -0.1) is 0 Å². The van der Waals surface area contributed by atoms with E-state index >= 15 is 0 Å². The molecule has 8 nitrogen and oxygen atoms in total. The molecule has 0 aromatic carbocycles. The van der Waals surface area contributed by atoms with Crippen molar-refractivity contribution in [3.05, 3.63) is 22.1 Å². The van der Waals surface area contributed by atoms with E-state index in [1.54, 1.807) is 7.05 Å². The SMILES string of the molecule is CNCc1cn([C@H]2O[C@@H](CO)C(O)C2O)c([Se])nc1=O. The number of aliphatic hydroxyl groups is 3. The van der Waals surface area contributed by atoms with E-state index in [9.17, 15) is 15.0 Å². The summed E-state index contributed by atoms with van der Waals surface area (Å²) < 4.78 is 7.09. The first-order valence-electron chi connectivity index (χ1n) is 6.05. The third kappa shape index (κ3) is 2.79. The molecule has 9 heteroatoms. The summed E-state index contributed by atoms with van der Waals surface area (Å²) in [6.45, 7) is -0.0879. The van der Waals surface area contributed by atoms with E-state index in [-0.39, 0.29) is 10.3 Å². The number of aromatic nitrogens is 2. The first-order valence-corrected chi connectivity index (χ1v) is 6.91. The van der Waals surface area contributed by atoms with Gasteiger partial charge in [-0.05, 0) is 0 Å². The quantitative estimate of drug-likeness (QED) is 0.415. The van der Waals surface area contributed by atoms with E-state index in [4.69, 9.17) is 9.84 Å². The van der Waals surface area contributed by atoms with Crippen molar-refractivity contribution >= 4 is 20.7 Å². The van der Waals surface area contributed by atoms with Crippen molar-refractivity contribution in [2.75, 3.05) is 13.7 Å². The number of rotatable bonds is 4. The minimum atomic E-state index is -1.22. The molecule has 2 unspecified atom stereocenters. The molecule has 20 heavy (non-hydrogen) atoms. The molecule has 0 bridgehead atoms. The van der Waals surface area contributed by atoms with E-state index in [0.717, 1.165) is 0 Å². The molecule has 0 amide bonds. The van der Waals surface area contributed by atoms with Crippen LogP contribution in [-0.2, 0) is 11.3 Å². The van der Waals surface area contributed by atoms with Crippen molar-refractivity contribution < 1.29 is 20.1 Å². The van der Waals surface area contributed by atoms with Gasteiger partial charge in [0, 0.05) is 0 Å². The zero-order chi connectivity index (χ0) is 14.9. The molecular weight excluding hydrogens is 333 g/mol. The Morgan fingerprint density at radius 3 is 2.75 bits per heavy atom. The summed E-state index contributed by atoms with van der Waals surface area (Å²) in [6.07, 6.45) is -2.69. The number of aliphatic hydroxyl groups excluding tert-OH is 3. The molecule has 1 aliphatic heterocycles. The van der Waals surface area contributed by atoms with E-state index in [1.807, 2.05) is 0 Å². The van der Waals surface area contributed by atoms with Gasteiger partial charge in [-0.3, -0.25) is 0 Å². The second kappa shape index (κ2) is 6.31. The fourth-order valence-corrected chi connectivity index (χ4v) is 2.60. The van der Waals surface area contributed by atoms with Gasteiger partial charge in [0.15, 0.2) is 0 Å². The van der Waals surface area contributed by atoms with Crippen molar-refractivity contribution in [2.45, 2.75) is 31.1 Å². The van der Waals surface area contributed by atoms with Gasteiger partial charge in [-0.1, -0.05) is 0 Å². The Bertz CT molecular complexity index is 537. The topological polar surface area (TPSA) is 117 Å². The number of ether oxygens (including phenoxy) is 1. The van der Waals surface area contributed by atoms with Crippen molar-refractivity contribution in [3.8, 4) is 0 Å². The van der Waals surface area contributed by atoms with Crippen molar-refractivity contribution in [1.82, 2.24) is 14.9 Å². The van der Waals surface area contributed by atoms with Crippen LogP contribution in [0.1, 0.15) is 11.8 Å². The van der Waals surface area contributed by atoms with Crippen LogP contribution < -0.4 is 15.6 Å². The Hall–Kier alpha value is -0.801. The maximum atomic E-state index is 11.7. The zero-order valence-electron chi connectivity index (χ0n) is 10.8. The fourth-order valence-electron chi connectivity index (χ4n) is 2.10. The molecule has 0 spiro atoms. The van der Waals surface area contributed by atoms with Crippen LogP contribution in [0.2, 0.25) is 0 Å². The Morgan fingerprint density at radius 1 is 1.50 bits per heavy atom. The first-order chi connectivity index (χ1) is 9.49. The second-order valence-electron chi connectivity index (χ2n) is 4.52. The maximum absolute atomic E-state index is 11.7. The molecule has 2 heterocycles. The summed E-state index contributed by atoms with van der Waals surface area (Å²) in [5.41, 5.74) is 0.0281. The van der Waals surface area contributed by atoms with Gasteiger partial charge in [0.25, 0.3) is 0 Å². The summed E-state index contributed by atoms with van der Waals surface area (Å²) in [5.74, 6) is 0. The molecule has 0 aliphatic carbocycles. The molecule has 1 saturated heterocycles. The van der Waals surface area contributed by atoms with Crippen molar-refractivity contribution in [2.24, 2.45) is 0 Å². The van der Waals surface area contributed by atoms with Crippen LogP contribution in [0.3, 0.4) is 0 Å². The minimum absolute atomic E-state index is 0.240. The predicted octanol–water partition coefficient (Wildman–Crippen LogP) is -3.63. The van der Waals surface area contributed by atoms with Crippen LogP contribution in [0, 0.1) is 0 Å². The van der Waals surface area contributed by atoms with E-state index in [0.29, 0.717) is 12.1 Å². The molecule has 4 atom stereocenters. The van der Waals surface area contributed by atoms with Crippen LogP contribution in [0.25, 0.3) is 0 Å². The van der Waals surface area contributed by atoms with Crippen LogP contribution in [0.15, 0.2) is 11.0 Å². The van der Waals surface area contributed by atoms with Gasteiger partial charge in [-0.2, -0.15) is 0 Å². The van der Waals surface area contributed by atoms with Crippen molar-refractivity contribution in [1.29, 1.82) is 0 Å². The summed E-state index contributed by atoms with van der Waals surface area (Å²) in [5, 5.41) is 31.7. The molecule has 1 radical (unpaired) electrons. The zero-order valence-corrected chi connectivity index (χ0v) is 12.5. The van der Waals surface area contributed by atoms with Crippen LogP contribution in [-0.4, -0.2) is 72.8 Å². The predicted molar refractivity (Wildman–Crippen MR) is 69.7 cm³/mol. The molecule has 111 valence electrons. The average molecular weight is 349 g/mol.